The Balaban J connectivity index is 2.91. The summed E-state index contributed by atoms with van der Waals surface area (Å²) in [4.78, 5) is 1.74. The van der Waals surface area contributed by atoms with Gasteiger partial charge in [0.2, 0.25) is 0 Å². The molecule has 0 saturated heterocycles. The predicted molar refractivity (Wildman–Crippen MR) is 59.4 cm³/mol. The van der Waals surface area contributed by atoms with Gasteiger partial charge in [-0.3, -0.25) is 4.72 Å². The molecule has 0 atom stereocenters. The number of hydrogen-bond donors (Lipinski definition) is 1. The Morgan fingerprint density at radius 1 is 1.12 bits per heavy atom. The fourth-order valence-corrected chi connectivity index (χ4v) is 1.60. The van der Waals surface area contributed by atoms with Gasteiger partial charge in [-0.25, -0.2) is 0 Å². The van der Waals surface area contributed by atoms with Gasteiger partial charge in [-0.15, -0.1) is 0 Å². The summed E-state index contributed by atoms with van der Waals surface area (Å²) >= 11 is 0. The molecule has 1 aromatic rings. The van der Waals surface area contributed by atoms with E-state index in [1.54, 1.807) is 19.0 Å². The molecule has 0 bridgehead atoms. The molecule has 17 heavy (non-hydrogen) atoms. The van der Waals surface area contributed by atoms with E-state index in [-0.39, 0.29) is 5.69 Å². The highest BCUT2D eigenvalue weighted by atomic mass is 32.2. The number of benzene rings is 1. The van der Waals surface area contributed by atoms with Gasteiger partial charge in [-0.2, -0.15) is 21.6 Å². The lowest BCUT2D eigenvalue weighted by molar-refractivity contribution is -0.0429. The molecule has 96 valence electrons. The van der Waals surface area contributed by atoms with Crippen LogP contribution in [0.1, 0.15) is 0 Å². The molecule has 4 nitrogen and oxygen atoms in total. The van der Waals surface area contributed by atoms with Gasteiger partial charge in [0.15, 0.2) is 0 Å². The summed E-state index contributed by atoms with van der Waals surface area (Å²) in [5, 5.41) is 0. The number of halogens is 3. The zero-order valence-corrected chi connectivity index (χ0v) is 9.93. The second kappa shape index (κ2) is 4.44. The number of nitrogens with zero attached hydrogens (tertiary/aromatic N) is 1. The maximum Gasteiger partial charge on any atom is 0.516 e. The summed E-state index contributed by atoms with van der Waals surface area (Å²) in [6.07, 6.45) is 0. The number of anilines is 2. The van der Waals surface area contributed by atoms with Crippen LogP contribution in [-0.2, 0) is 10.0 Å². The van der Waals surface area contributed by atoms with Crippen molar-refractivity contribution in [2.45, 2.75) is 5.51 Å². The summed E-state index contributed by atoms with van der Waals surface area (Å²) in [5.74, 6) is 0. The third kappa shape index (κ3) is 3.26. The molecule has 0 aliphatic carbocycles. The summed E-state index contributed by atoms with van der Waals surface area (Å²) in [7, 11) is -1.83. The SMILES string of the molecule is CN(C)c1ccc(NS(=O)(=O)C(F)(F)F)cc1. The van der Waals surface area contributed by atoms with Crippen LogP contribution in [0.25, 0.3) is 0 Å². The van der Waals surface area contributed by atoms with Crippen LogP contribution in [-0.4, -0.2) is 28.0 Å². The van der Waals surface area contributed by atoms with Gasteiger partial charge in [-0.1, -0.05) is 0 Å². The smallest absolute Gasteiger partial charge is 0.378 e. The standard InChI is InChI=1S/C9H11F3N2O2S/c1-14(2)8-5-3-7(4-6-8)13-17(15,16)9(10,11)12/h3-6,13H,1-2H3. The first-order chi connectivity index (χ1) is 7.63. The molecule has 0 aliphatic heterocycles. The molecule has 1 aromatic carbocycles. The van der Waals surface area contributed by atoms with Crippen LogP contribution in [0.5, 0.6) is 0 Å². The zero-order chi connectivity index (χ0) is 13.3. The largest absolute Gasteiger partial charge is 0.516 e. The van der Waals surface area contributed by atoms with Crippen molar-refractivity contribution in [1.29, 1.82) is 0 Å². The average Bonchev–Trinajstić information content (AvgIpc) is 2.16. The lowest BCUT2D eigenvalue weighted by atomic mass is 10.3. The summed E-state index contributed by atoms with van der Waals surface area (Å²) < 4.78 is 59.2. The van der Waals surface area contributed by atoms with Crippen molar-refractivity contribution < 1.29 is 21.6 Å². The third-order valence-corrected chi connectivity index (χ3v) is 3.05. The van der Waals surface area contributed by atoms with Gasteiger partial charge in [-0.05, 0) is 24.3 Å². The van der Waals surface area contributed by atoms with E-state index in [1.807, 2.05) is 0 Å². The minimum Gasteiger partial charge on any atom is -0.378 e. The Labute approximate surface area is 97.1 Å². The van der Waals surface area contributed by atoms with E-state index in [1.165, 1.54) is 29.0 Å². The molecule has 0 unspecified atom stereocenters. The van der Waals surface area contributed by atoms with E-state index in [9.17, 15) is 21.6 Å². The Morgan fingerprint density at radius 3 is 1.94 bits per heavy atom. The third-order valence-electron chi connectivity index (χ3n) is 1.94. The Morgan fingerprint density at radius 2 is 1.59 bits per heavy atom. The molecular formula is C9H11F3N2O2S. The van der Waals surface area contributed by atoms with E-state index >= 15 is 0 Å². The molecule has 0 aromatic heterocycles. The summed E-state index contributed by atoms with van der Waals surface area (Å²) in [5.41, 5.74) is -4.69. The molecule has 0 spiro atoms. The van der Waals surface area contributed by atoms with Crippen molar-refractivity contribution in [3.8, 4) is 0 Å². The molecule has 0 saturated carbocycles. The average molecular weight is 268 g/mol. The predicted octanol–water partition coefficient (Wildman–Crippen LogP) is 2.01. The molecule has 1 rings (SSSR count). The van der Waals surface area contributed by atoms with Gasteiger partial charge >= 0.3 is 15.5 Å². The van der Waals surface area contributed by atoms with Crippen LogP contribution < -0.4 is 9.62 Å². The van der Waals surface area contributed by atoms with Crippen molar-refractivity contribution in [2.24, 2.45) is 0 Å². The van der Waals surface area contributed by atoms with Crippen LogP contribution in [0.2, 0.25) is 0 Å². The van der Waals surface area contributed by atoms with Crippen molar-refractivity contribution in [3.05, 3.63) is 24.3 Å². The number of alkyl halides is 3. The van der Waals surface area contributed by atoms with E-state index in [0.29, 0.717) is 0 Å². The molecule has 0 amide bonds. The van der Waals surface area contributed by atoms with Crippen LogP contribution in [0, 0.1) is 0 Å². The first-order valence-electron chi connectivity index (χ1n) is 4.50. The second-order valence-corrected chi connectivity index (χ2v) is 5.17. The van der Waals surface area contributed by atoms with Crippen molar-refractivity contribution in [1.82, 2.24) is 0 Å². The Hall–Kier alpha value is -1.44. The monoisotopic (exact) mass is 268 g/mol. The van der Waals surface area contributed by atoms with Gasteiger partial charge < -0.3 is 4.90 Å². The molecule has 0 fully saturated rings. The molecule has 0 radical (unpaired) electrons. The topological polar surface area (TPSA) is 49.4 Å². The van der Waals surface area contributed by atoms with Crippen LogP contribution in [0.3, 0.4) is 0 Å². The molecular weight excluding hydrogens is 257 g/mol. The van der Waals surface area contributed by atoms with E-state index < -0.39 is 15.5 Å². The van der Waals surface area contributed by atoms with E-state index in [0.717, 1.165) is 5.69 Å². The number of rotatable bonds is 3. The highest BCUT2D eigenvalue weighted by molar-refractivity contribution is 7.93. The molecule has 0 aliphatic rings. The zero-order valence-electron chi connectivity index (χ0n) is 9.12. The second-order valence-electron chi connectivity index (χ2n) is 3.49. The quantitative estimate of drug-likeness (QED) is 0.912. The van der Waals surface area contributed by atoms with Crippen LogP contribution >= 0.6 is 0 Å². The van der Waals surface area contributed by atoms with Crippen LogP contribution in [0.15, 0.2) is 24.3 Å². The molecule has 0 heterocycles. The highest BCUT2D eigenvalue weighted by Gasteiger charge is 2.45. The van der Waals surface area contributed by atoms with Crippen LogP contribution in [0.4, 0.5) is 24.5 Å². The molecule has 1 N–H and O–H groups in total. The summed E-state index contributed by atoms with van der Waals surface area (Å²) in [6, 6.07) is 5.54. The fraction of sp³-hybridized carbons (Fsp3) is 0.333. The van der Waals surface area contributed by atoms with Crippen molar-refractivity contribution in [3.63, 3.8) is 0 Å². The fourth-order valence-electron chi connectivity index (χ4n) is 1.04. The van der Waals surface area contributed by atoms with E-state index in [2.05, 4.69) is 0 Å². The number of nitrogens with one attached hydrogen (secondary N) is 1. The number of sulfonamides is 1. The van der Waals surface area contributed by atoms with E-state index in [4.69, 9.17) is 0 Å². The van der Waals surface area contributed by atoms with Gasteiger partial charge in [0, 0.05) is 25.5 Å². The summed E-state index contributed by atoms with van der Waals surface area (Å²) in [6.45, 7) is 0. The minimum atomic E-state index is -5.35. The van der Waals surface area contributed by atoms with Gasteiger partial charge in [0.05, 0.1) is 0 Å². The lowest BCUT2D eigenvalue weighted by Crippen LogP contribution is -2.29. The first-order valence-corrected chi connectivity index (χ1v) is 5.98. The Kier molecular flexibility index (Phi) is 3.56. The normalized spacial score (nSPS) is 12.3. The highest BCUT2D eigenvalue weighted by Crippen LogP contribution is 2.26. The van der Waals surface area contributed by atoms with Crippen molar-refractivity contribution >= 4 is 21.4 Å². The number of hydrogen-bond acceptors (Lipinski definition) is 3. The van der Waals surface area contributed by atoms with Crippen molar-refractivity contribution in [2.75, 3.05) is 23.7 Å². The lowest BCUT2D eigenvalue weighted by Gasteiger charge is -2.14. The maximum atomic E-state index is 12.1. The first kappa shape index (κ1) is 13.6. The van der Waals surface area contributed by atoms with Gasteiger partial charge in [0.25, 0.3) is 0 Å². The molecule has 8 heteroatoms. The maximum absolute atomic E-state index is 12.1. The minimum absolute atomic E-state index is 0.132. The van der Waals surface area contributed by atoms with Gasteiger partial charge in [0.1, 0.15) is 0 Å². The Bertz CT molecular complexity index is 480.